The molecule has 2 atom stereocenters. The molecule has 0 radical (unpaired) electrons. The molecular formula is C17H23F2NO4. The fraction of sp³-hybridized carbons (Fsp3) is 0.588. The molecule has 1 aliphatic heterocycles. The molecule has 0 aromatic heterocycles. The van der Waals surface area contributed by atoms with Gasteiger partial charge >= 0.3 is 12.7 Å². The first-order chi connectivity index (χ1) is 11.2. The zero-order chi connectivity index (χ0) is 17.9. The number of aliphatic hydroxyl groups is 1. The molecule has 1 aliphatic rings. The maximum atomic E-state index is 12.2. The molecule has 1 heterocycles. The first kappa shape index (κ1) is 18.4. The molecule has 134 valence electrons. The van der Waals surface area contributed by atoms with E-state index in [0.29, 0.717) is 19.4 Å². The summed E-state index contributed by atoms with van der Waals surface area (Å²) in [4.78, 5) is 13.8. The third kappa shape index (κ3) is 5.06. The summed E-state index contributed by atoms with van der Waals surface area (Å²) >= 11 is 0. The molecule has 1 N–H and O–H groups in total. The zero-order valence-electron chi connectivity index (χ0n) is 14.0. The van der Waals surface area contributed by atoms with Gasteiger partial charge in [-0.1, -0.05) is 12.1 Å². The van der Waals surface area contributed by atoms with Gasteiger partial charge in [0.2, 0.25) is 0 Å². The molecule has 1 fully saturated rings. The van der Waals surface area contributed by atoms with E-state index in [9.17, 15) is 18.7 Å². The molecule has 0 spiro atoms. The number of amides is 1. The van der Waals surface area contributed by atoms with Crippen LogP contribution >= 0.6 is 0 Å². The fourth-order valence-electron chi connectivity index (χ4n) is 2.80. The minimum Gasteiger partial charge on any atom is -0.446 e. The van der Waals surface area contributed by atoms with Crippen molar-refractivity contribution >= 4 is 6.09 Å². The van der Waals surface area contributed by atoms with Gasteiger partial charge in [-0.05, 0) is 38.5 Å². The average Bonchev–Trinajstić information content (AvgIpc) is 2.45. The predicted molar refractivity (Wildman–Crippen MR) is 84.0 cm³/mol. The van der Waals surface area contributed by atoms with Crippen LogP contribution in [0.4, 0.5) is 13.6 Å². The minimum absolute atomic E-state index is 0.0763. The van der Waals surface area contributed by atoms with Gasteiger partial charge in [0.05, 0.1) is 11.6 Å². The van der Waals surface area contributed by atoms with Crippen LogP contribution in [0.15, 0.2) is 24.3 Å². The van der Waals surface area contributed by atoms with Crippen molar-refractivity contribution in [1.29, 1.82) is 0 Å². The molecule has 2 unspecified atom stereocenters. The Hall–Kier alpha value is -1.89. The molecule has 7 heteroatoms. The summed E-state index contributed by atoms with van der Waals surface area (Å²) in [5.41, 5.74) is -0.0892. The Labute approximate surface area is 140 Å². The van der Waals surface area contributed by atoms with Crippen molar-refractivity contribution in [2.45, 2.75) is 58.0 Å². The third-order valence-electron chi connectivity index (χ3n) is 3.98. The van der Waals surface area contributed by atoms with E-state index in [1.807, 2.05) is 6.92 Å². The van der Waals surface area contributed by atoms with Gasteiger partial charge in [0.25, 0.3) is 0 Å². The second-order valence-electron chi connectivity index (χ2n) is 6.63. The van der Waals surface area contributed by atoms with Crippen molar-refractivity contribution in [2.24, 2.45) is 0 Å². The number of nitrogens with zero attached hydrogens (tertiary/aromatic N) is 1. The number of halogens is 2. The highest BCUT2D eigenvalue weighted by Gasteiger charge is 2.33. The summed E-state index contributed by atoms with van der Waals surface area (Å²) < 4.78 is 34.0. The number of cyclic esters (lactones) is 1. The van der Waals surface area contributed by atoms with E-state index in [1.54, 1.807) is 30.9 Å². The SMILES string of the molecule is CC(c1ccc(OC(F)F)cc1)N1CCC(CC(C)(C)O)OC1=O. The quantitative estimate of drug-likeness (QED) is 0.855. The van der Waals surface area contributed by atoms with E-state index in [4.69, 9.17) is 4.74 Å². The van der Waals surface area contributed by atoms with Crippen LogP contribution in [0, 0.1) is 0 Å². The lowest BCUT2D eigenvalue weighted by atomic mass is 9.97. The number of rotatable bonds is 6. The first-order valence-corrected chi connectivity index (χ1v) is 7.90. The maximum Gasteiger partial charge on any atom is 0.410 e. The molecule has 1 aromatic carbocycles. The van der Waals surface area contributed by atoms with Crippen molar-refractivity contribution in [2.75, 3.05) is 6.54 Å². The third-order valence-corrected chi connectivity index (χ3v) is 3.98. The molecule has 1 amide bonds. The van der Waals surface area contributed by atoms with Crippen molar-refractivity contribution in [3.8, 4) is 5.75 Å². The van der Waals surface area contributed by atoms with E-state index in [-0.39, 0.29) is 17.9 Å². The largest absolute Gasteiger partial charge is 0.446 e. The average molecular weight is 343 g/mol. The molecule has 0 bridgehead atoms. The number of carbonyl (C=O) groups excluding carboxylic acids is 1. The van der Waals surface area contributed by atoms with Gasteiger partial charge in [-0.2, -0.15) is 8.78 Å². The smallest absolute Gasteiger partial charge is 0.410 e. The minimum atomic E-state index is -2.86. The highest BCUT2D eigenvalue weighted by Crippen LogP contribution is 2.29. The predicted octanol–water partition coefficient (Wildman–Crippen LogP) is 3.72. The van der Waals surface area contributed by atoms with Gasteiger partial charge in [-0.3, -0.25) is 0 Å². The highest BCUT2D eigenvalue weighted by molar-refractivity contribution is 5.69. The zero-order valence-corrected chi connectivity index (χ0v) is 14.0. The van der Waals surface area contributed by atoms with Crippen LogP contribution < -0.4 is 4.74 Å². The van der Waals surface area contributed by atoms with Crippen LogP contribution in [-0.2, 0) is 4.74 Å². The molecule has 24 heavy (non-hydrogen) atoms. The standard InChI is InChI=1S/C17H23F2NO4/c1-11(12-4-6-13(7-5-12)23-15(18)19)20-9-8-14(24-16(20)21)10-17(2,3)22/h4-7,11,14-15,22H,8-10H2,1-3H3. The topological polar surface area (TPSA) is 59.0 Å². The Morgan fingerprint density at radius 3 is 2.50 bits per heavy atom. The van der Waals surface area contributed by atoms with Gasteiger partial charge in [-0.25, -0.2) is 4.79 Å². The lowest BCUT2D eigenvalue weighted by Gasteiger charge is -2.37. The van der Waals surface area contributed by atoms with Crippen LogP contribution in [0.1, 0.15) is 45.2 Å². The molecule has 1 aromatic rings. The molecule has 2 rings (SSSR count). The number of hydrogen-bond donors (Lipinski definition) is 1. The summed E-state index contributed by atoms with van der Waals surface area (Å²) in [5, 5.41) is 9.83. The second kappa shape index (κ2) is 7.34. The monoisotopic (exact) mass is 343 g/mol. The van der Waals surface area contributed by atoms with Gasteiger partial charge < -0.3 is 19.5 Å². The normalized spacial score (nSPS) is 20.0. The second-order valence-corrected chi connectivity index (χ2v) is 6.63. The van der Waals surface area contributed by atoms with E-state index >= 15 is 0 Å². The lowest BCUT2D eigenvalue weighted by molar-refractivity contribution is -0.0498. The van der Waals surface area contributed by atoms with Crippen molar-refractivity contribution in [3.63, 3.8) is 0 Å². The van der Waals surface area contributed by atoms with E-state index in [1.165, 1.54) is 12.1 Å². The Kier molecular flexibility index (Phi) is 5.64. The fourth-order valence-corrected chi connectivity index (χ4v) is 2.80. The molecule has 0 aliphatic carbocycles. The lowest BCUT2D eigenvalue weighted by Crippen LogP contribution is -2.45. The Morgan fingerprint density at radius 1 is 1.38 bits per heavy atom. The van der Waals surface area contributed by atoms with E-state index < -0.39 is 18.3 Å². The van der Waals surface area contributed by atoms with Gasteiger partial charge in [0.15, 0.2) is 0 Å². The Morgan fingerprint density at radius 2 is 2.00 bits per heavy atom. The van der Waals surface area contributed by atoms with Crippen LogP contribution in [0.25, 0.3) is 0 Å². The molecule has 0 saturated carbocycles. The number of alkyl halides is 2. The van der Waals surface area contributed by atoms with Gasteiger partial charge in [-0.15, -0.1) is 0 Å². The summed E-state index contributed by atoms with van der Waals surface area (Å²) in [6.45, 7) is 2.85. The van der Waals surface area contributed by atoms with Crippen molar-refractivity contribution in [3.05, 3.63) is 29.8 Å². The van der Waals surface area contributed by atoms with Gasteiger partial charge in [0, 0.05) is 19.4 Å². The van der Waals surface area contributed by atoms with E-state index in [0.717, 1.165) is 5.56 Å². The summed E-state index contributed by atoms with van der Waals surface area (Å²) in [7, 11) is 0. The summed E-state index contributed by atoms with van der Waals surface area (Å²) in [5.74, 6) is 0.0763. The van der Waals surface area contributed by atoms with Gasteiger partial charge in [0.1, 0.15) is 11.9 Å². The van der Waals surface area contributed by atoms with E-state index in [2.05, 4.69) is 4.74 Å². The van der Waals surface area contributed by atoms with Crippen LogP contribution in [0.2, 0.25) is 0 Å². The number of benzene rings is 1. The molecule has 5 nitrogen and oxygen atoms in total. The summed E-state index contributed by atoms with van der Waals surface area (Å²) in [6, 6.07) is 5.95. The number of ether oxygens (including phenoxy) is 2. The Balaban J connectivity index is 1.98. The van der Waals surface area contributed by atoms with Crippen LogP contribution in [0.3, 0.4) is 0 Å². The van der Waals surface area contributed by atoms with Crippen LogP contribution in [-0.4, -0.2) is 41.0 Å². The van der Waals surface area contributed by atoms with Crippen molar-refractivity contribution in [1.82, 2.24) is 4.90 Å². The number of hydrogen-bond acceptors (Lipinski definition) is 4. The number of carbonyl (C=O) groups is 1. The molecule has 1 saturated heterocycles. The first-order valence-electron chi connectivity index (χ1n) is 7.90. The van der Waals surface area contributed by atoms with Crippen LogP contribution in [0.5, 0.6) is 5.75 Å². The molecular weight excluding hydrogens is 320 g/mol. The maximum absolute atomic E-state index is 12.2. The summed E-state index contributed by atoms with van der Waals surface area (Å²) in [6.07, 6.45) is 0.284. The van der Waals surface area contributed by atoms with Crippen molar-refractivity contribution < 1.29 is 28.2 Å². The Bertz CT molecular complexity index is 557. The highest BCUT2D eigenvalue weighted by atomic mass is 19.3.